The lowest BCUT2D eigenvalue weighted by Crippen LogP contribution is -2.17. The van der Waals surface area contributed by atoms with Gasteiger partial charge in [0.05, 0.1) is 10.7 Å². The van der Waals surface area contributed by atoms with E-state index in [0.717, 1.165) is 0 Å². The van der Waals surface area contributed by atoms with Crippen molar-refractivity contribution in [2.75, 3.05) is 5.32 Å². The van der Waals surface area contributed by atoms with Gasteiger partial charge in [-0.05, 0) is 24.3 Å². The number of halogens is 2. The summed E-state index contributed by atoms with van der Waals surface area (Å²) in [5.41, 5.74) is 5.94. The largest absolute Gasteiger partial charge is 0.409 e. The molecule has 0 radical (unpaired) electrons. The molecule has 0 heterocycles. The minimum Gasteiger partial charge on any atom is -0.409 e. The van der Waals surface area contributed by atoms with Crippen LogP contribution < -0.4 is 11.1 Å². The first-order chi connectivity index (χ1) is 10.0. The zero-order valence-electron chi connectivity index (χ0n) is 10.7. The molecule has 1 amide bonds. The van der Waals surface area contributed by atoms with Crippen LogP contribution in [0.5, 0.6) is 0 Å². The molecule has 2 aromatic rings. The van der Waals surface area contributed by atoms with Crippen molar-refractivity contribution in [1.82, 2.24) is 0 Å². The van der Waals surface area contributed by atoms with Gasteiger partial charge in [-0.1, -0.05) is 35.0 Å². The summed E-state index contributed by atoms with van der Waals surface area (Å²) in [6.07, 6.45) is 0. The molecule has 7 heteroatoms. The first-order valence-corrected chi connectivity index (χ1v) is 6.24. The van der Waals surface area contributed by atoms with Crippen LogP contribution in [0.2, 0.25) is 5.02 Å². The van der Waals surface area contributed by atoms with Gasteiger partial charge in [0.25, 0.3) is 5.91 Å². The predicted octanol–water partition coefficient (Wildman–Crippen LogP) is 2.83. The highest BCUT2D eigenvalue weighted by Crippen LogP contribution is 2.25. The van der Waals surface area contributed by atoms with Gasteiger partial charge in [-0.3, -0.25) is 4.79 Å². The maximum Gasteiger partial charge on any atom is 0.255 e. The quantitative estimate of drug-likeness (QED) is 0.352. The van der Waals surface area contributed by atoms with Crippen LogP contribution in [-0.4, -0.2) is 17.0 Å². The van der Waals surface area contributed by atoms with E-state index in [0.29, 0.717) is 5.56 Å². The van der Waals surface area contributed by atoms with Crippen molar-refractivity contribution in [3.8, 4) is 0 Å². The molecule has 0 saturated carbocycles. The van der Waals surface area contributed by atoms with E-state index in [1.807, 2.05) is 0 Å². The van der Waals surface area contributed by atoms with Gasteiger partial charge in [-0.25, -0.2) is 4.39 Å². The van der Waals surface area contributed by atoms with Crippen molar-refractivity contribution in [1.29, 1.82) is 0 Å². The number of carbonyl (C=O) groups is 1. The highest BCUT2D eigenvalue weighted by molar-refractivity contribution is 6.34. The van der Waals surface area contributed by atoms with Crippen molar-refractivity contribution in [3.63, 3.8) is 0 Å². The molecule has 4 N–H and O–H groups in total. The normalized spacial score (nSPS) is 11.2. The fraction of sp³-hybridized carbons (Fsp3) is 0. The Labute approximate surface area is 124 Å². The molecule has 0 atom stereocenters. The number of hydrogen-bond acceptors (Lipinski definition) is 3. The molecule has 5 nitrogen and oxygen atoms in total. The number of oxime groups is 1. The Balaban J connectivity index is 2.29. The van der Waals surface area contributed by atoms with Crippen molar-refractivity contribution < 1.29 is 14.4 Å². The molecule has 0 aliphatic carbocycles. The first-order valence-electron chi connectivity index (χ1n) is 5.86. The topological polar surface area (TPSA) is 87.7 Å². The van der Waals surface area contributed by atoms with Gasteiger partial charge >= 0.3 is 0 Å². The Morgan fingerprint density at radius 2 is 1.90 bits per heavy atom. The molecule has 0 unspecified atom stereocenters. The minimum absolute atomic E-state index is 0.0935. The number of benzene rings is 2. The van der Waals surface area contributed by atoms with E-state index in [-0.39, 0.29) is 22.1 Å². The molecule has 21 heavy (non-hydrogen) atoms. The van der Waals surface area contributed by atoms with Crippen LogP contribution in [0.25, 0.3) is 0 Å². The van der Waals surface area contributed by atoms with Crippen molar-refractivity contribution in [3.05, 3.63) is 64.4 Å². The maximum atomic E-state index is 13.6. The molecule has 0 spiro atoms. The third kappa shape index (κ3) is 3.29. The molecule has 0 bridgehead atoms. The Kier molecular flexibility index (Phi) is 4.39. The van der Waals surface area contributed by atoms with Crippen LogP contribution in [0.3, 0.4) is 0 Å². The summed E-state index contributed by atoms with van der Waals surface area (Å²) in [6.45, 7) is 0. The minimum atomic E-state index is -0.636. The van der Waals surface area contributed by atoms with E-state index in [9.17, 15) is 9.18 Å². The van der Waals surface area contributed by atoms with Crippen LogP contribution in [0.4, 0.5) is 10.1 Å². The number of amides is 1. The second-order valence-corrected chi connectivity index (χ2v) is 4.52. The standard InChI is InChI=1S/C14H11ClFN3O2/c15-10-5-2-6-11(16)12(10)18-14(20)9-4-1-3-8(7-9)13(17)19-21/h1-7,21H,(H2,17,19)(H,18,20). The summed E-state index contributed by atoms with van der Waals surface area (Å²) in [5, 5.41) is 14.0. The number of anilines is 1. The average Bonchev–Trinajstić information content (AvgIpc) is 2.50. The molecule has 0 saturated heterocycles. The van der Waals surface area contributed by atoms with Crippen molar-refractivity contribution in [2.24, 2.45) is 10.9 Å². The van der Waals surface area contributed by atoms with E-state index in [1.165, 1.54) is 30.3 Å². The highest BCUT2D eigenvalue weighted by atomic mass is 35.5. The van der Waals surface area contributed by atoms with E-state index >= 15 is 0 Å². The number of nitrogens with one attached hydrogen (secondary N) is 1. The van der Waals surface area contributed by atoms with Crippen LogP contribution in [-0.2, 0) is 0 Å². The highest BCUT2D eigenvalue weighted by Gasteiger charge is 2.13. The number of carbonyl (C=O) groups excluding carboxylic acids is 1. The monoisotopic (exact) mass is 307 g/mol. The lowest BCUT2D eigenvalue weighted by atomic mass is 10.1. The van der Waals surface area contributed by atoms with Gasteiger partial charge in [0.15, 0.2) is 5.84 Å². The van der Waals surface area contributed by atoms with E-state index in [1.54, 1.807) is 12.1 Å². The number of rotatable bonds is 3. The van der Waals surface area contributed by atoms with Crippen LogP contribution in [0.15, 0.2) is 47.6 Å². The third-order valence-corrected chi connectivity index (χ3v) is 3.04. The third-order valence-electron chi connectivity index (χ3n) is 2.73. The molecule has 2 rings (SSSR count). The van der Waals surface area contributed by atoms with Crippen LogP contribution >= 0.6 is 11.6 Å². The Morgan fingerprint density at radius 1 is 1.24 bits per heavy atom. The first kappa shape index (κ1) is 14.8. The summed E-state index contributed by atoms with van der Waals surface area (Å²) < 4.78 is 13.6. The number of nitrogens with two attached hydrogens (primary N) is 1. The molecule has 2 aromatic carbocycles. The second kappa shape index (κ2) is 6.23. The van der Waals surface area contributed by atoms with Crippen molar-refractivity contribution in [2.45, 2.75) is 0 Å². The van der Waals surface area contributed by atoms with Crippen molar-refractivity contribution >= 4 is 29.0 Å². The number of amidine groups is 1. The fourth-order valence-electron chi connectivity index (χ4n) is 1.68. The molecule has 0 aliphatic heterocycles. The molecular formula is C14H11ClFN3O2. The van der Waals surface area contributed by atoms with Crippen LogP contribution in [0.1, 0.15) is 15.9 Å². The van der Waals surface area contributed by atoms with Gasteiger partial charge in [0, 0.05) is 11.1 Å². The molecule has 108 valence electrons. The molecule has 0 fully saturated rings. The van der Waals surface area contributed by atoms with Gasteiger partial charge < -0.3 is 16.3 Å². The molecule has 0 aliphatic rings. The SMILES string of the molecule is N/C(=N/O)c1cccc(C(=O)Nc2c(F)cccc2Cl)c1. The van der Waals surface area contributed by atoms with Gasteiger partial charge in [-0.15, -0.1) is 0 Å². The van der Waals surface area contributed by atoms with E-state index in [2.05, 4.69) is 10.5 Å². The predicted molar refractivity (Wildman–Crippen MR) is 78.3 cm³/mol. The lowest BCUT2D eigenvalue weighted by Gasteiger charge is -2.09. The molecule has 0 aromatic heterocycles. The zero-order valence-corrected chi connectivity index (χ0v) is 11.4. The van der Waals surface area contributed by atoms with Gasteiger partial charge in [0.2, 0.25) is 0 Å². The van der Waals surface area contributed by atoms with Crippen LogP contribution in [0, 0.1) is 5.82 Å². The van der Waals surface area contributed by atoms with Gasteiger partial charge in [-0.2, -0.15) is 0 Å². The summed E-state index contributed by atoms with van der Waals surface area (Å²) in [4.78, 5) is 12.1. The Bertz CT molecular complexity index is 699. The Morgan fingerprint density at radius 3 is 2.57 bits per heavy atom. The van der Waals surface area contributed by atoms with E-state index < -0.39 is 11.7 Å². The summed E-state index contributed by atoms with van der Waals surface area (Å²) in [7, 11) is 0. The van der Waals surface area contributed by atoms with Gasteiger partial charge in [0.1, 0.15) is 5.82 Å². The Hall–Kier alpha value is -2.60. The smallest absolute Gasteiger partial charge is 0.255 e. The maximum absolute atomic E-state index is 13.6. The lowest BCUT2D eigenvalue weighted by molar-refractivity contribution is 0.102. The summed E-state index contributed by atoms with van der Waals surface area (Å²) in [5.74, 6) is -1.33. The fourth-order valence-corrected chi connectivity index (χ4v) is 1.89. The zero-order chi connectivity index (χ0) is 15.4. The summed E-state index contributed by atoms with van der Waals surface area (Å²) in [6, 6.07) is 10.2. The average molecular weight is 308 g/mol. The second-order valence-electron chi connectivity index (χ2n) is 4.12. The van der Waals surface area contributed by atoms with E-state index in [4.69, 9.17) is 22.5 Å². The molecular weight excluding hydrogens is 297 g/mol. The number of nitrogens with zero attached hydrogens (tertiary/aromatic N) is 1. The summed E-state index contributed by atoms with van der Waals surface area (Å²) >= 11 is 5.84. The number of hydrogen-bond donors (Lipinski definition) is 3. The number of para-hydroxylation sites is 1.